The van der Waals surface area contributed by atoms with Gasteiger partial charge in [-0.15, -0.1) is 10.2 Å². The Bertz CT molecular complexity index is 1280. The lowest BCUT2D eigenvalue weighted by atomic mass is 10.1. The highest BCUT2D eigenvalue weighted by molar-refractivity contribution is 7.99. The number of nitrogens with one attached hydrogen (secondary N) is 2. The van der Waals surface area contributed by atoms with Crippen LogP contribution in [0.25, 0.3) is 17.5 Å². The third-order valence-corrected chi connectivity index (χ3v) is 5.61. The van der Waals surface area contributed by atoms with E-state index in [0.29, 0.717) is 15.9 Å². The second-order valence-corrected chi connectivity index (χ2v) is 7.62. The van der Waals surface area contributed by atoms with Crippen molar-refractivity contribution < 1.29 is 19.3 Å². The summed E-state index contributed by atoms with van der Waals surface area (Å²) in [6, 6.07) is 12.7. The van der Waals surface area contributed by atoms with Gasteiger partial charge in [0.2, 0.25) is 0 Å². The summed E-state index contributed by atoms with van der Waals surface area (Å²) in [6.07, 6.45) is 1.17. The second-order valence-electron chi connectivity index (χ2n) is 6.61. The first-order valence-corrected chi connectivity index (χ1v) is 9.94. The molecule has 4 amide bonds. The topological polar surface area (TPSA) is 149 Å². The molecular weight excluding hydrogens is 436 g/mol. The fourth-order valence-corrected chi connectivity index (χ4v) is 3.84. The summed E-state index contributed by atoms with van der Waals surface area (Å²) in [5, 5.41) is 24.3. The number of urea groups is 1. The molecule has 160 valence electrons. The van der Waals surface area contributed by atoms with E-state index in [1.807, 2.05) is 41.0 Å². The van der Waals surface area contributed by atoms with Crippen LogP contribution in [-0.2, 0) is 16.6 Å². The fraction of sp³-hybridized carbons (Fsp3) is 0.0500. The van der Waals surface area contributed by atoms with Gasteiger partial charge in [0.15, 0.2) is 11.0 Å². The Morgan fingerprint density at radius 3 is 2.38 bits per heavy atom. The molecule has 4 rings (SSSR count). The molecule has 3 aromatic rings. The Morgan fingerprint density at radius 1 is 1.03 bits per heavy atom. The number of nitro benzene ring substituents is 1. The molecule has 2 heterocycles. The Balaban J connectivity index is 1.65. The van der Waals surface area contributed by atoms with E-state index in [2.05, 4.69) is 10.2 Å². The van der Waals surface area contributed by atoms with Gasteiger partial charge in [-0.1, -0.05) is 36.4 Å². The van der Waals surface area contributed by atoms with Gasteiger partial charge >= 0.3 is 6.03 Å². The molecule has 0 bridgehead atoms. The Labute approximate surface area is 184 Å². The molecule has 1 fully saturated rings. The van der Waals surface area contributed by atoms with Crippen LogP contribution >= 0.6 is 11.8 Å². The van der Waals surface area contributed by atoms with Gasteiger partial charge in [-0.25, -0.2) is 4.79 Å². The quantitative estimate of drug-likeness (QED) is 0.260. The van der Waals surface area contributed by atoms with Crippen molar-refractivity contribution >= 4 is 41.4 Å². The fourth-order valence-electron chi connectivity index (χ4n) is 2.97. The molecule has 0 radical (unpaired) electrons. The standard InChI is InChI=1S/C20H14N6O5S/c1-25-16(12-5-3-2-4-6-12)23-24-20(25)32-15-8-7-11(10-14(15)26(30)31)9-13-17(27)21-19(29)22-18(13)28/h2-10H,1H3,(H2,21,22,27,28,29). The number of barbiturate groups is 1. The zero-order valence-electron chi connectivity index (χ0n) is 16.4. The van der Waals surface area contributed by atoms with E-state index in [1.54, 1.807) is 11.6 Å². The lowest BCUT2D eigenvalue weighted by Gasteiger charge is -2.13. The average molecular weight is 450 g/mol. The number of carbonyl (C=O) groups excluding carboxylic acids is 3. The van der Waals surface area contributed by atoms with Crippen molar-refractivity contribution in [2.45, 2.75) is 10.1 Å². The molecular formula is C20H14N6O5S. The number of amides is 4. The predicted molar refractivity (Wildman–Crippen MR) is 113 cm³/mol. The lowest BCUT2D eigenvalue weighted by molar-refractivity contribution is -0.387. The molecule has 1 aromatic heterocycles. The zero-order chi connectivity index (χ0) is 22.8. The Hall–Kier alpha value is -4.32. The molecule has 32 heavy (non-hydrogen) atoms. The third kappa shape index (κ3) is 4.11. The summed E-state index contributed by atoms with van der Waals surface area (Å²) in [5.41, 5.74) is 0.536. The van der Waals surface area contributed by atoms with Gasteiger partial charge in [-0.3, -0.25) is 30.3 Å². The molecule has 0 atom stereocenters. The Kier molecular flexibility index (Phi) is 5.52. The van der Waals surface area contributed by atoms with Crippen molar-refractivity contribution in [2.75, 3.05) is 0 Å². The monoisotopic (exact) mass is 450 g/mol. The molecule has 1 saturated heterocycles. The van der Waals surface area contributed by atoms with E-state index in [9.17, 15) is 24.5 Å². The van der Waals surface area contributed by atoms with Gasteiger partial charge in [0, 0.05) is 18.7 Å². The molecule has 2 N–H and O–H groups in total. The van der Waals surface area contributed by atoms with E-state index in [0.717, 1.165) is 17.3 Å². The molecule has 0 aliphatic carbocycles. The maximum Gasteiger partial charge on any atom is 0.328 e. The van der Waals surface area contributed by atoms with Crippen LogP contribution in [0.15, 0.2) is 64.2 Å². The minimum Gasteiger partial charge on any atom is -0.305 e. The highest BCUT2D eigenvalue weighted by atomic mass is 32.2. The maximum absolute atomic E-state index is 11.9. The normalized spacial score (nSPS) is 13.5. The number of hydrogen-bond acceptors (Lipinski definition) is 8. The van der Waals surface area contributed by atoms with Crippen molar-refractivity contribution in [1.82, 2.24) is 25.4 Å². The van der Waals surface area contributed by atoms with Crippen molar-refractivity contribution in [3.05, 3.63) is 69.8 Å². The number of benzene rings is 2. The molecule has 12 heteroatoms. The molecule has 2 aromatic carbocycles. The summed E-state index contributed by atoms with van der Waals surface area (Å²) in [4.78, 5) is 46.3. The van der Waals surface area contributed by atoms with Crippen molar-refractivity contribution in [3.63, 3.8) is 0 Å². The lowest BCUT2D eigenvalue weighted by Crippen LogP contribution is -2.51. The SMILES string of the molecule is Cn1c(Sc2ccc(C=C3C(=O)NC(=O)NC3=O)cc2[N+](=O)[O-])nnc1-c1ccccc1. The summed E-state index contributed by atoms with van der Waals surface area (Å²) < 4.78 is 1.73. The molecule has 11 nitrogen and oxygen atoms in total. The minimum atomic E-state index is -0.923. The van der Waals surface area contributed by atoms with E-state index < -0.39 is 22.8 Å². The van der Waals surface area contributed by atoms with Crippen molar-refractivity contribution in [3.8, 4) is 11.4 Å². The van der Waals surface area contributed by atoms with Gasteiger partial charge in [-0.2, -0.15) is 0 Å². The first-order valence-electron chi connectivity index (χ1n) is 9.13. The smallest absolute Gasteiger partial charge is 0.305 e. The molecule has 1 aliphatic rings. The van der Waals surface area contributed by atoms with Crippen molar-refractivity contribution in [1.29, 1.82) is 0 Å². The first-order chi connectivity index (χ1) is 15.3. The van der Waals surface area contributed by atoms with Crippen LogP contribution in [0.4, 0.5) is 10.5 Å². The molecule has 0 saturated carbocycles. The van der Waals surface area contributed by atoms with Crippen LogP contribution in [0, 0.1) is 10.1 Å². The second kappa shape index (κ2) is 8.43. The molecule has 0 unspecified atom stereocenters. The number of aromatic nitrogens is 3. The van der Waals surface area contributed by atoms with Crippen LogP contribution in [0.5, 0.6) is 0 Å². The number of carbonyl (C=O) groups is 3. The van der Waals surface area contributed by atoms with Crippen LogP contribution in [0.2, 0.25) is 0 Å². The summed E-state index contributed by atoms with van der Waals surface area (Å²) in [6.45, 7) is 0. The first kappa shape index (κ1) is 20.9. The van der Waals surface area contributed by atoms with Gasteiger partial charge in [0.25, 0.3) is 17.5 Å². The van der Waals surface area contributed by atoms with E-state index in [-0.39, 0.29) is 16.8 Å². The summed E-state index contributed by atoms with van der Waals surface area (Å²) in [5.74, 6) is -1.15. The van der Waals surface area contributed by atoms with Crippen LogP contribution < -0.4 is 10.6 Å². The average Bonchev–Trinajstić information content (AvgIpc) is 3.12. The number of hydrogen-bond donors (Lipinski definition) is 2. The number of rotatable bonds is 5. The number of nitrogens with zero attached hydrogens (tertiary/aromatic N) is 4. The van der Waals surface area contributed by atoms with Gasteiger partial charge < -0.3 is 4.57 Å². The van der Waals surface area contributed by atoms with E-state index in [4.69, 9.17) is 0 Å². The van der Waals surface area contributed by atoms with Crippen LogP contribution in [0.1, 0.15) is 5.56 Å². The Morgan fingerprint density at radius 2 is 1.72 bits per heavy atom. The highest BCUT2D eigenvalue weighted by Crippen LogP contribution is 2.36. The zero-order valence-corrected chi connectivity index (χ0v) is 17.3. The summed E-state index contributed by atoms with van der Waals surface area (Å²) >= 11 is 1.06. The van der Waals surface area contributed by atoms with Crippen LogP contribution in [-0.4, -0.2) is 37.5 Å². The largest absolute Gasteiger partial charge is 0.328 e. The van der Waals surface area contributed by atoms with E-state index in [1.165, 1.54) is 24.3 Å². The molecule has 0 spiro atoms. The minimum absolute atomic E-state index is 0.235. The van der Waals surface area contributed by atoms with Gasteiger partial charge in [0.05, 0.1) is 9.82 Å². The molecule has 1 aliphatic heterocycles. The number of imide groups is 2. The van der Waals surface area contributed by atoms with Gasteiger partial charge in [-0.05, 0) is 29.5 Å². The van der Waals surface area contributed by atoms with Crippen molar-refractivity contribution in [2.24, 2.45) is 7.05 Å². The van der Waals surface area contributed by atoms with Gasteiger partial charge in [0.1, 0.15) is 5.57 Å². The number of nitro groups is 1. The van der Waals surface area contributed by atoms with E-state index >= 15 is 0 Å². The highest BCUT2D eigenvalue weighted by Gasteiger charge is 2.28. The van der Waals surface area contributed by atoms with Crippen LogP contribution in [0.3, 0.4) is 0 Å². The summed E-state index contributed by atoms with van der Waals surface area (Å²) in [7, 11) is 1.76. The third-order valence-electron chi connectivity index (χ3n) is 4.50. The predicted octanol–water partition coefficient (Wildman–Crippen LogP) is 2.29. The maximum atomic E-state index is 11.9.